The number of hydrogen-bond acceptors (Lipinski definition) is 5. The Morgan fingerprint density at radius 3 is 2.66 bits per heavy atom. The Hall–Kier alpha value is -3.03. The van der Waals surface area contributed by atoms with Gasteiger partial charge in [-0.2, -0.15) is 5.10 Å². The van der Waals surface area contributed by atoms with Gasteiger partial charge in [-0.25, -0.2) is 4.68 Å². The van der Waals surface area contributed by atoms with Crippen LogP contribution in [0.5, 0.6) is 11.5 Å². The van der Waals surface area contributed by atoms with Gasteiger partial charge in [-0.3, -0.25) is 4.79 Å². The Bertz CT molecular complexity index is 1220. The lowest BCUT2D eigenvalue weighted by molar-refractivity contribution is 0.103. The smallest absolute Gasteiger partial charge is 0.265 e. The Morgan fingerprint density at radius 1 is 1.14 bits per heavy atom. The number of nitrogens with zero attached hydrogens (tertiary/aromatic N) is 2. The van der Waals surface area contributed by atoms with Gasteiger partial charge in [0.2, 0.25) is 0 Å². The SMILES string of the molecule is COc1ccc(OC)c(NC(=O)c2cc3c(C)nn(-c4ccccc4Cl)c3s2)c1. The lowest BCUT2D eigenvalue weighted by Gasteiger charge is -2.11. The summed E-state index contributed by atoms with van der Waals surface area (Å²) in [6, 6.07) is 14.6. The van der Waals surface area contributed by atoms with Crippen molar-refractivity contribution in [1.29, 1.82) is 0 Å². The van der Waals surface area contributed by atoms with Gasteiger partial charge in [-0.15, -0.1) is 11.3 Å². The maximum Gasteiger partial charge on any atom is 0.265 e. The van der Waals surface area contributed by atoms with Crippen molar-refractivity contribution < 1.29 is 14.3 Å². The van der Waals surface area contributed by atoms with Crippen molar-refractivity contribution in [3.63, 3.8) is 0 Å². The van der Waals surface area contributed by atoms with E-state index in [0.29, 0.717) is 27.1 Å². The molecule has 1 amide bonds. The molecule has 4 rings (SSSR count). The highest BCUT2D eigenvalue weighted by Gasteiger charge is 2.19. The van der Waals surface area contributed by atoms with Gasteiger partial charge in [0, 0.05) is 11.5 Å². The van der Waals surface area contributed by atoms with Crippen LogP contribution in [-0.4, -0.2) is 29.9 Å². The van der Waals surface area contributed by atoms with E-state index in [1.807, 2.05) is 37.3 Å². The lowest BCUT2D eigenvalue weighted by atomic mass is 10.2. The normalized spacial score (nSPS) is 10.9. The number of nitrogens with one attached hydrogen (secondary N) is 1. The summed E-state index contributed by atoms with van der Waals surface area (Å²) in [5.74, 6) is 0.948. The van der Waals surface area contributed by atoms with Crippen molar-refractivity contribution in [2.45, 2.75) is 6.92 Å². The lowest BCUT2D eigenvalue weighted by Crippen LogP contribution is -2.11. The molecule has 8 heteroatoms. The van der Waals surface area contributed by atoms with Gasteiger partial charge >= 0.3 is 0 Å². The molecule has 4 aromatic rings. The number of aromatic nitrogens is 2. The van der Waals surface area contributed by atoms with Crippen LogP contribution >= 0.6 is 22.9 Å². The number of carbonyl (C=O) groups excluding carboxylic acids is 1. The molecular weight excluding hydrogens is 410 g/mol. The van der Waals surface area contributed by atoms with Crippen LogP contribution in [0, 0.1) is 6.92 Å². The minimum Gasteiger partial charge on any atom is -0.497 e. The maximum atomic E-state index is 12.9. The fourth-order valence-corrected chi connectivity index (χ4v) is 4.33. The Labute approximate surface area is 176 Å². The highest BCUT2D eigenvalue weighted by molar-refractivity contribution is 7.20. The molecule has 0 unspecified atom stereocenters. The first-order chi connectivity index (χ1) is 14.0. The molecule has 0 atom stereocenters. The van der Waals surface area contributed by atoms with Crippen molar-refractivity contribution >= 4 is 44.7 Å². The Balaban J connectivity index is 1.72. The molecule has 0 fully saturated rings. The molecule has 148 valence electrons. The second-order valence-corrected chi connectivity index (χ2v) is 7.74. The summed E-state index contributed by atoms with van der Waals surface area (Å²) in [6.07, 6.45) is 0. The molecule has 0 bridgehead atoms. The van der Waals surface area contributed by atoms with Crippen molar-refractivity contribution in [3.8, 4) is 17.2 Å². The second-order valence-electron chi connectivity index (χ2n) is 6.30. The fourth-order valence-electron chi connectivity index (χ4n) is 3.04. The van der Waals surface area contributed by atoms with Crippen LogP contribution in [0.15, 0.2) is 48.5 Å². The molecule has 0 saturated carbocycles. The molecule has 0 aliphatic heterocycles. The number of anilines is 1. The third-order valence-electron chi connectivity index (χ3n) is 4.50. The molecule has 0 saturated heterocycles. The molecule has 1 N–H and O–H groups in total. The zero-order valence-electron chi connectivity index (χ0n) is 16.0. The van der Waals surface area contributed by atoms with E-state index in [9.17, 15) is 4.79 Å². The molecule has 29 heavy (non-hydrogen) atoms. The van der Waals surface area contributed by atoms with Gasteiger partial charge in [-0.05, 0) is 37.3 Å². The summed E-state index contributed by atoms with van der Waals surface area (Å²) in [5, 5.41) is 9.00. The summed E-state index contributed by atoms with van der Waals surface area (Å²) in [7, 11) is 3.13. The van der Waals surface area contributed by atoms with Gasteiger partial charge in [0.15, 0.2) is 0 Å². The number of halogens is 1. The van der Waals surface area contributed by atoms with Crippen LogP contribution in [0.2, 0.25) is 5.02 Å². The van der Waals surface area contributed by atoms with E-state index in [1.165, 1.54) is 11.3 Å². The number of thiophene rings is 1. The second kappa shape index (κ2) is 7.77. The van der Waals surface area contributed by atoms with Gasteiger partial charge in [0.05, 0.1) is 41.2 Å². The molecule has 0 spiro atoms. The van der Waals surface area contributed by atoms with E-state index in [0.717, 1.165) is 21.6 Å². The predicted octanol–water partition coefficient (Wildman–Crippen LogP) is 5.32. The zero-order chi connectivity index (χ0) is 20.5. The van der Waals surface area contributed by atoms with Gasteiger partial charge in [-0.1, -0.05) is 23.7 Å². The summed E-state index contributed by atoms with van der Waals surface area (Å²) in [4.78, 5) is 14.3. The van der Waals surface area contributed by atoms with Crippen molar-refractivity contribution in [1.82, 2.24) is 9.78 Å². The Morgan fingerprint density at radius 2 is 1.93 bits per heavy atom. The number of benzene rings is 2. The van der Waals surface area contributed by atoms with E-state index in [-0.39, 0.29) is 5.91 Å². The average Bonchev–Trinajstić information content (AvgIpc) is 3.29. The van der Waals surface area contributed by atoms with Crippen LogP contribution in [0.4, 0.5) is 5.69 Å². The molecule has 2 heterocycles. The molecular formula is C21H18ClN3O3S. The summed E-state index contributed by atoms with van der Waals surface area (Å²) >= 11 is 7.70. The molecule has 2 aromatic heterocycles. The number of fused-ring (bicyclic) bond motifs is 1. The van der Waals surface area contributed by atoms with Crippen molar-refractivity contribution in [2.75, 3.05) is 19.5 Å². The van der Waals surface area contributed by atoms with E-state index < -0.39 is 0 Å². The first kappa shape index (κ1) is 19.3. The van der Waals surface area contributed by atoms with E-state index in [4.69, 9.17) is 21.1 Å². The van der Waals surface area contributed by atoms with E-state index >= 15 is 0 Å². The minimum absolute atomic E-state index is 0.233. The summed E-state index contributed by atoms with van der Waals surface area (Å²) in [6.45, 7) is 1.91. The first-order valence-electron chi connectivity index (χ1n) is 8.79. The maximum absolute atomic E-state index is 12.9. The van der Waals surface area contributed by atoms with Gasteiger partial charge < -0.3 is 14.8 Å². The van der Waals surface area contributed by atoms with Gasteiger partial charge in [0.25, 0.3) is 5.91 Å². The molecule has 2 aromatic carbocycles. The van der Waals surface area contributed by atoms with Crippen molar-refractivity contribution in [3.05, 3.63) is 64.1 Å². The number of amides is 1. The third kappa shape index (κ3) is 3.54. The highest BCUT2D eigenvalue weighted by Crippen LogP contribution is 2.34. The standard InChI is InChI=1S/C21H18ClN3O3S/c1-12-14-11-19(20(26)23-16-10-13(27-2)8-9-18(16)28-3)29-21(14)25(24-12)17-7-5-4-6-15(17)22/h4-11H,1-3H3,(H,23,26). The van der Waals surface area contributed by atoms with Crippen LogP contribution in [0.1, 0.15) is 15.4 Å². The first-order valence-corrected chi connectivity index (χ1v) is 9.98. The minimum atomic E-state index is -0.233. The quantitative estimate of drug-likeness (QED) is 0.468. The van der Waals surface area contributed by atoms with Crippen LogP contribution in [0.3, 0.4) is 0 Å². The van der Waals surface area contributed by atoms with Crippen LogP contribution in [-0.2, 0) is 0 Å². The topological polar surface area (TPSA) is 65.4 Å². The number of aryl methyl sites for hydroxylation is 1. The van der Waals surface area contributed by atoms with Crippen LogP contribution < -0.4 is 14.8 Å². The number of rotatable bonds is 5. The number of ether oxygens (including phenoxy) is 2. The van der Waals surface area contributed by atoms with Crippen LogP contribution in [0.25, 0.3) is 15.9 Å². The largest absolute Gasteiger partial charge is 0.497 e. The third-order valence-corrected chi connectivity index (χ3v) is 5.93. The van der Waals surface area contributed by atoms with E-state index in [2.05, 4.69) is 10.4 Å². The highest BCUT2D eigenvalue weighted by atomic mass is 35.5. The van der Waals surface area contributed by atoms with Crippen molar-refractivity contribution in [2.24, 2.45) is 0 Å². The van der Waals surface area contributed by atoms with E-state index in [1.54, 1.807) is 37.1 Å². The average molecular weight is 428 g/mol. The predicted molar refractivity (Wildman–Crippen MR) is 116 cm³/mol. The Kier molecular flexibility index (Phi) is 5.17. The molecule has 0 aliphatic carbocycles. The summed E-state index contributed by atoms with van der Waals surface area (Å²) < 4.78 is 12.4. The number of para-hydroxylation sites is 1. The molecule has 0 aliphatic rings. The zero-order valence-corrected chi connectivity index (χ0v) is 17.6. The number of methoxy groups -OCH3 is 2. The van der Waals surface area contributed by atoms with Gasteiger partial charge in [0.1, 0.15) is 16.3 Å². The molecule has 0 radical (unpaired) electrons. The number of carbonyl (C=O) groups is 1. The monoisotopic (exact) mass is 427 g/mol. The molecule has 6 nitrogen and oxygen atoms in total. The number of hydrogen-bond donors (Lipinski definition) is 1. The fraction of sp³-hybridized carbons (Fsp3) is 0.143. The summed E-state index contributed by atoms with van der Waals surface area (Å²) in [5.41, 5.74) is 2.14.